The zero-order valence-electron chi connectivity index (χ0n) is 11.3. The second-order valence-electron chi connectivity index (χ2n) is 5.02. The van der Waals surface area contributed by atoms with Crippen LogP contribution in [0.25, 0.3) is 0 Å². The fourth-order valence-corrected chi connectivity index (χ4v) is 4.78. The summed E-state index contributed by atoms with van der Waals surface area (Å²) in [6, 6.07) is 2.39. The lowest BCUT2D eigenvalue weighted by atomic mass is 9.92. The Balaban J connectivity index is 2.43. The first-order valence-corrected chi connectivity index (χ1v) is 8.26. The van der Waals surface area contributed by atoms with Crippen LogP contribution in [0.4, 0.5) is 4.39 Å². The molecule has 0 saturated carbocycles. The van der Waals surface area contributed by atoms with Crippen LogP contribution in [0.2, 0.25) is 5.02 Å². The van der Waals surface area contributed by atoms with E-state index in [0.29, 0.717) is 12.8 Å². The number of nitrogens with zero attached hydrogens (tertiary/aromatic N) is 1. The summed E-state index contributed by atoms with van der Waals surface area (Å²) in [6.07, 6.45) is 0.854. The third kappa shape index (κ3) is 3.04. The molecule has 0 unspecified atom stereocenters. The second kappa shape index (κ2) is 5.90. The van der Waals surface area contributed by atoms with Gasteiger partial charge in [0.2, 0.25) is 10.0 Å². The first-order valence-electron chi connectivity index (χ1n) is 6.45. The lowest BCUT2D eigenvalue weighted by Gasteiger charge is -2.36. The molecule has 116 valence electrons. The maximum atomic E-state index is 13.3. The van der Waals surface area contributed by atoms with Crippen LogP contribution in [0.15, 0.2) is 23.1 Å². The summed E-state index contributed by atoms with van der Waals surface area (Å²) in [5.41, 5.74) is 0. The number of hydrogen-bond acceptors (Lipinski definition) is 3. The van der Waals surface area contributed by atoms with Gasteiger partial charge in [0.15, 0.2) is 0 Å². The maximum Gasteiger partial charge on any atom is 0.308 e. The standard InChI is InChI=1S/C13H15ClFNO4S/c1-8-10(13(17)18)3-2-6-16(8)21(19,20)12-7-9(15)4-5-11(12)14/h4-5,7-8,10H,2-3,6H2,1H3,(H,17,18)/t8-,10-/m1/s1. The van der Waals surface area contributed by atoms with E-state index < -0.39 is 33.8 Å². The van der Waals surface area contributed by atoms with Crippen LogP contribution in [0.1, 0.15) is 19.8 Å². The highest BCUT2D eigenvalue weighted by Gasteiger charge is 2.40. The molecule has 1 aliphatic rings. The minimum atomic E-state index is -4.03. The van der Waals surface area contributed by atoms with E-state index in [-0.39, 0.29) is 16.5 Å². The van der Waals surface area contributed by atoms with E-state index in [4.69, 9.17) is 16.7 Å². The molecule has 0 aromatic heterocycles. The van der Waals surface area contributed by atoms with Crippen LogP contribution in [-0.4, -0.2) is 36.4 Å². The van der Waals surface area contributed by atoms with E-state index in [2.05, 4.69) is 0 Å². The molecule has 1 N–H and O–H groups in total. The number of sulfonamides is 1. The summed E-state index contributed by atoms with van der Waals surface area (Å²) >= 11 is 5.86. The highest BCUT2D eigenvalue weighted by atomic mass is 35.5. The number of aliphatic carboxylic acids is 1. The number of hydrogen-bond donors (Lipinski definition) is 1. The average Bonchev–Trinajstić information content (AvgIpc) is 2.41. The molecule has 21 heavy (non-hydrogen) atoms. The van der Waals surface area contributed by atoms with Crippen molar-refractivity contribution in [2.75, 3.05) is 6.54 Å². The van der Waals surface area contributed by atoms with Crippen molar-refractivity contribution in [1.82, 2.24) is 4.31 Å². The van der Waals surface area contributed by atoms with E-state index in [9.17, 15) is 17.6 Å². The molecule has 1 fully saturated rings. The van der Waals surface area contributed by atoms with E-state index in [1.165, 1.54) is 6.07 Å². The fourth-order valence-electron chi connectivity index (χ4n) is 2.58. The summed E-state index contributed by atoms with van der Waals surface area (Å²) in [5, 5.41) is 9.07. The quantitative estimate of drug-likeness (QED) is 0.920. The number of piperidine rings is 1. The smallest absolute Gasteiger partial charge is 0.308 e. The fraction of sp³-hybridized carbons (Fsp3) is 0.462. The highest BCUT2D eigenvalue weighted by Crippen LogP contribution is 2.32. The third-order valence-corrected chi connectivity index (χ3v) is 6.20. The monoisotopic (exact) mass is 335 g/mol. The van der Waals surface area contributed by atoms with Crippen molar-refractivity contribution in [3.8, 4) is 0 Å². The third-order valence-electron chi connectivity index (χ3n) is 3.73. The normalized spacial score (nSPS) is 24.0. The molecule has 0 amide bonds. The number of carboxylic acid groups (broad SMARTS) is 1. The molecule has 5 nitrogen and oxygen atoms in total. The molecule has 0 radical (unpaired) electrons. The zero-order valence-corrected chi connectivity index (χ0v) is 12.9. The Labute approximate surface area is 127 Å². The molecule has 2 atom stereocenters. The zero-order chi connectivity index (χ0) is 15.8. The molecular weight excluding hydrogens is 321 g/mol. The number of carbonyl (C=O) groups is 1. The van der Waals surface area contributed by atoms with Gasteiger partial charge in [0.05, 0.1) is 10.9 Å². The van der Waals surface area contributed by atoms with Gasteiger partial charge in [-0.2, -0.15) is 4.31 Å². The van der Waals surface area contributed by atoms with Crippen molar-refractivity contribution in [1.29, 1.82) is 0 Å². The molecule has 1 aromatic rings. The van der Waals surface area contributed by atoms with Gasteiger partial charge in [-0.3, -0.25) is 4.79 Å². The van der Waals surface area contributed by atoms with Crippen LogP contribution >= 0.6 is 11.6 Å². The number of halogens is 2. The van der Waals surface area contributed by atoms with Gasteiger partial charge in [0.25, 0.3) is 0 Å². The van der Waals surface area contributed by atoms with Crippen LogP contribution in [0.5, 0.6) is 0 Å². The van der Waals surface area contributed by atoms with Crippen LogP contribution in [0.3, 0.4) is 0 Å². The minimum Gasteiger partial charge on any atom is -0.481 e. The Morgan fingerprint density at radius 1 is 1.48 bits per heavy atom. The van der Waals surface area contributed by atoms with E-state index in [1.807, 2.05) is 0 Å². The minimum absolute atomic E-state index is 0.0824. The Hall–Kier alpha value is -1.18. The molecule has 1 saturated heterocycles. The largest absolute Gasteiger partial charge is 0.481 e. The predicted molar refractivity (Wildman–Crippen MR) is 75.1 cm³/mol. The van der Waals surface area contributed by atoms with Gasteiger partial charge >= 0.3 is 5.97 Å². The predicted octanol–water partition coefficient (Wildman–Crippen LogP) is 2.35. The highest BCUT2D eigenvalue weighted by molar-refractivity contribution is 7.89. The van der Waals surface area contributed by atoms with Gasteiger partial charge < -0.3 is 5.11 Å². The molecule has 0 spiro atoms. The molecule has 1 heterocycles. The van der Waals surface area contributed by atoms with E-state index in [0.717, 1.165) is 16.4 Å². The average molecular weight is 336 g/mol. The van der Waals surface area contributed by atoms with Crippen molar-refractivity contribution in [3.63, 3.8) is 0 Å². The molecule has 2 rings (SSSR count). The van der Waals surface area contributed by atoms with Crippen molar-refractivity contribution >= 4 is 27.6 Å². The Bertz CT molecular complexity index is 664. The Kier molecular flexibility index (Phi) is 4.55. The second-order valence-corrected chi connectivity index (χ2v) is 7.28. The van der Waals surface area contributed by atoms with Gasteiger partial charge in [-0.15, -0.1) is 0 Å². The lowest BCUT2D eigenvalue weighted by molar-refractivity contribution is -0.144. The molecule has 1 aliphatic heterocycles. The number of rotatable bonds is 3. The van der Waals surface area contributed by atoms with E-state index in [1.54, 1.807) is 6.92 Å². The molecule has 0 aliphatic carbocycles. The Morgan fingerprint density at radius 2 is 2.14 bits per heavy atom. The summed E-state index contributed by atoms with van der Waals surface area (Å²) in [5.74, 6) is -2.52. The van der Waals surface area contributed by atoms with Gasteiger partial charge in [0, 0.05) is 12.6 Å². The first kappa shape index (κ1) is 16.2. The van der Waals surface area contributed by atoms with Gasteiger partial charge in [0.1, 0.15) is 10.7 Å². The number of benzene rings is 1. The van der Waals surface area contributed by atoms with Crippen molar-refractivity contribution in [2.45, 2.75) is 30.7 Å². The molecule has 8 heteroatoms. The molecule has 0 bridgehead atoms. The van der Waals surface area contributed by atoms with Crippen LogP contribution < -0.4 is 0 Å². The van der Waals surface area contributed by atoms with Gasteiger partial charge in [-0.1, -0.05) is 11.6 Å². The summed E-state index contributed by atoms with van der Waals surface area (Å²) in [4.78, 5) is 10.9. The SMILES string of the molecule is C[C@@H]1[C@H](C(=O)O)CCCN1S(=O)(=O)c1cc(F)ccc1Cl. The molecule has 1 aromatic carbocycles. The van der Waals surface area contributed by atoms with E-state index >= 15 is 0 Å². The van der Waals surface area contributed by atoms with Crippen LogP contribution in [-0.2, 0) is 14.8 Å². The lowest BCUT2D eigenvalue weighted by Crippen LogP contribution is -2.49. The van der Waals surface area contributed by atoms with Gasteiger partial charge in [-0.25, -0.2) is 12.8 Å². The number of carboxylic acids is 1. The van der Waals surface area contributed by atoms with Crippen molar-refractivity contribution in [2.24, 2.45) is 5.92 Å². The summed E-state index contributed by atoms with van der Waals surface area (Å²) < 4.78 is 39.6. The maximum absolute atomic E-state index is 13.3. The first-order chi connectivity index (χ1) is 9.75. The topological polar surface area (TPSA) is 74.7 Å². The van der Waals surface area contributed by atoms with Crippen molar-refractivity contribution < 1.29 is 22.7 Å². The van der Waals surface area contributed by atoms with Gasteiger partial charge in [-0.05, 0) is 38.0 Å². The van der Waals surface area contributed by atoms with Crippen LogP contribution in [0, 0.1) is 11.7 Å². The molecular formula is C13H15ClFNO4S. The summed E-state index contributed by atoms with van der Waals surface area (Å²) in [6.45, 7) is 1.74. The van der Waals surface area contributed by atoms with Crippen molar-refractivity contribution in [3.05, 3.63) is 29.0 Å². The Morgan fingerprint density at radius 3 is 2.76 bits per heavy atom. The summed E-state index contributed by atoms with van der Waals surface area (Å²) in [7, 11) is -4.03.